The molecule has 0 atom stereocenters. The van der Waals surface area contributed by atoms with Gasteiger partial charge in [-0.05, 0) is 18.2 Å². The minimum atomic E-state index is 0.177. The van der Waals surface area contributed by atoms with Crippen molar-refractivity contribution >= 4 is 29.1 Å². The molecule has 0 spiro atoms. The van der Waals surface area contributed by atoms with Crippen molar-refractivity contribution in [1.29, 1.82) is 0 Å². The number of fused-ring (bicyclic) bond motifs is 1. The van der Waals surface area contributed by atoms with Crippen LogP contribution < -0.4 is 20.5 Å². The molecule has 1 aromatic carbocycles. The summed E-state index contributed by atoms with van der Waals surface area (Å²) < 4.78 is 10.6. The Balaban J connectivity index is 2.00. The molecule has 92 valence electrons. The normalized spacial score (nSPS) is 12.5. The Hall–Kier alpha value is -2.21. The Morgan fingerprint density at radius 2 is 2.17 bits per heavy atom. The molecule has 1 aliphatic heterocycles. The van der Waals surface area contributed by atoms with Gasteiger partial charge >= 0.3 is 0 Å². The molecule has 3 rings (SSSR count). The van der Waals surface area contributed by atoms with E-state index in [4.69, 9.17) is 26.8 Å². The van der Waals surface area contributed by atoms with Crippen LogP contribution >= 0.6 is 11.6 Å². The van der Waals surface area contributed by atoms with Crippen molar-refractivity contribution in [3.63, 3.8) is 0 Å². The van der Waals surface area contributed by atoms with Crippen molar-refractivity contribution < 1.29 is 9.47 Å². The topological polar surface area (TPSA) is 82.3 Å². The molecule has 2 aromatic rings. The third-order valence-electron chi connectivity index (χ3n) is 2.42. The number of ether oxygens (including phenoxy) is 2. The number of benzene rings is 1. The van der Waals surface area contributed by atoms with Crippen LogP contribution in [-0.4, -0.2) is 16.8 Å². The summed E-state index contributed by atoms with van der Waals surface area (Å²) in [5.74, 6) is 1.93. The van der Waals surface area contributed by atoms with Crippen LogP contribution in [-0.2, 0) is 0 Å². The van der Waals surface area contributed by atoms with Crippen molar-refractivity contribution in [2.45, 2.75) is 0 Å². The lowest BCUT2D eigenvalue weighted by molar-refractivity contribution is 0.174. The quantitative estimate of drug-likeness (QED) is 0.865. The van der Waals surface area contributed by atoms with Gasteiger partial charge in [-0.25, -0.2) is 4.98 Å². The molecule has 18 heavy (non-hydrogen) atoms. The highest BCUT2D eigenvalue weighted by atomic mass is 35.5. The number of nitrogens with one attached hydrogen (secondary N) is 1. The zero-order valence-corrected chi connectivity index (χ0v) is 9.94. The molecular formula is C11H9ClN4O2. The predicted molar refractivity (Wildman–Crippen MR) is 67.3 cm³/mol. The van der Waals surface area contributed by atoms with E-state index in [0.717, 1.165) is 0 Å². The number of nitrogen functional groups attached to an aromatic ring is 1. The van der Waals surface area contributed by atoms with Gasteiger partial charge in [0, 0.05) is 6.20 Å². The molecule has 0 radical (unpaired) electrons. The Labute approximate surface area is 108 Å². The van der Waals surface area contributed by atoms with Crippen molar-refractivity contribution in [1.82, 2.24) is 9.97 Å². The number of hydrogen-bond acceptors (Lipinski definition) is 6. The van der Waals surface area contributed by atoms with E-state index in [2.05, 4.69) is 15.3 Å². The minimum absolute atomic E-state index is 0.177. The van der Waals surface area contributed by atoms with Crippen molar-refractivity contribution in [3.05, 3.63) is 29.4 Å². The molecular weight excluding hydrogens is 256 g/mol. The van der Waals surface area contributed by atoms with Gasteiger partial charge in [0.1, 0.15) is 11.5 Å². The van der Waals surface area contributed by atoms with Crippen LogP contribution in [0.15, 0.2) is 24.4 Å². The molecule has 1 aliphatic rings. The third-order valence-corrected chi connectivity index (χ3v) is 2.73. The maximum Gasteiger partial charge on any atom is 0.231 e. The van der Waals surface area contributed by atoms with E-state index in [1.807, 2.05) is 0 Å². The molecule has 0 unspecified atom stereocenters. The molecule has 0 saturated carbocycles. The second kappa shape index (κ2) is 4.23. The zero-order valence-electron chi connectivity index (χ0n) is 9.18. The Morgan fingerprint density at radius 3 is 3.00 bits per heavy atom. The number of nitrogens with two attached hydrogens (primary N) is 1. The predicted octanol–water partition coefficient (Wildman–Crippen LogP) is 2.18. The maximum atomic E-state index is 6.12. The molecule has 0 amide bonds. The van der Waals surface area contributed by atoms with E-state index in [-0.39, 0.29) is 12.7 Å². The number of aromatic nitrogens is 2. The first-order valence-electron chi connectivity index (χ1n) is 5.17. The molecule has 6 nitrogen and oxygen atoms in total. The third kappa shape index (κ3) is 1.86. The van der Waals surface area contributed by atoms with Crippen LogP contribution in [0.25, 0.3) is 0 Å². The highest BCUT2D eigenvalue weighted by molar-refractivity contribution is 6.33. The molecule has 0 bridgehead atoms. The van der Waals surface area contributed by atoms with Crippen molar-refractivity contribution in [3.8, 4) is 11.5 Å². The van der Waals surface area contributed by atoms with Crippen LogP contribution in [0.1, 0.15) is 0 Å². The van der Waals surface area contributed by atoms with Gasteiger partial charge in [0.25, 0.3) is 0 Å². The number of nitrogens with zero attached hydrogens (tertiary/aromatic N) is 2. The summed E-state index contributed by atoms with van der Waals surface area (Å²) in [5, 5.41) is 3.56. The molecule has 0 fully saturated rings. The van der Waals surface area contributed by atoms with Gasteiger partial charge < -0.3 is 20.5 Å². The fourth-order valence-electron chi connectivity index (χ4n) is 1.64. The lowest BCUT2D eigenvalue weighted by Gasteiger charge is -2.10. The van der Waals surface area contributed by atoms with Crippen LogP contribution in [0.5, 0.6) is 11.5 Å². The highest BCUT2D eigenvalue weighted by Gasteiger charge is 2.20. The van der Waals surface area contributed by atoms with Crippen LogP contribution in [0.2, 0.25) is 5.02 Å². The minimum Gasteiger partial charge on any atom is -0.454 e. The first-order valence-corrected chi connectivity index (χ1v) is 5.55. The lowest BCUT2D eigenvalue weighted by Crippen LogP contribution is -2.00. The average molecular weight is 265 g/mol. The summed E-state index contributed by atoms with van der Waals surface area (Å²) in [5.41, 5.74) is 6.11. The van der Waals surface area contributed by atoms with Gasteiger partial charge in [0.2, 0.25) is 12.7 Å². The molecule has 7 heteroatoms. The van der Waals surface area contributed by atoms with Gasteiger partial charge in [-0.15, -0.1) is 0 Å². The van der Waals surface area contributed by atoms with E-state index in [1.165, 1.54) is 0 Å². The lowest BCUT2D eigenvalue weighted by atomic mass is 10.2. The van der Waals surface area contributed by atoms with E-state index < -0.39 is 0 Å². The number of rotatable bonds is 2. The molecule has 3 N–H and O–H groups in total. The summed E-state index contributed by atoms with van der Waals surface area (Å²) in [6.07, 6.45) is 1.55. The fourth-order valence-corrected chi connectivity index (χ4v) is 1.83. The van der Waals surface area contributed by atoms with Crippen molar-refractivity contribution in [2.24, 2.45) is 0 Å². The molecule has 2 heterocycles. The largest absolute Gasteiger partial charge is 0.454 e. The first-order chi connectivity index (χ1) is 8.74. The summed E-state index contributed by atoms with van der Waals surface area (Å²) in [7, 11) is 0. The summed E-state index contributed by atoms with van der Waals surface area (Å²) in [6, 6.07) is 5.16. The standard InChI is InChI=1S/C11H9ClN4O2/c12-6-1-2-7-10(18-5-17-7)9(6)15-8-3-4-14-11(13)16-8/h1-4H,5H2,(H3,13,14,15,16). The second-order valence-electron chi connectivity index (χ2n) is 3.58. The van der Waals surface area contributed by atoms with E-state index in [0.29, 0.717) is 28.0 Å². The van der Waals surface area contributed by atoms with Crippen LogP contribution in [0, 0.1) is 0 Å². The SMILES string of the molecule is Nc1nccc(Nc2c(Cl)ccc3c2OCO3)n1. The number of halogens is 1. The summed E-state index contributed by atoms with van der Waals surface area (Å²) in [6.45, 7) is 0.177. The van der Waals surface area contributed by atoms with Crippen LogP contribution in [0.4, 0.5) is 17.5 Å². The summed E-state index contributed by atoms with van der Waals surface area (Å²) in [4.78, 5) is 7.85. The maximum absolute atomic E-state index is 6.12. The Bertz CT molecular complexity index is 606. The highest BCUT2D eigenvalue weighted by Crippen LogP contribution is 2.44. The number of anilines is 3. The van der Waals surface area contributed by atoms with Gasteiger partial charge in [0.15, 0.2) is 11.5 Å². The second-order valence-corrected chi connectivity index (χ2v) is 3.99. The number of hydrogen-bond donors (Lipinski definition) is 2. The van der Waals surface area contributed by atoms with Crippen LogP contribution in [0.3, 0.4) is 0 Å². The first kappa shape index (κ1) is 10.9. The zero-order chi connectivity index (χ0) is 12.5. The van der Waals surface area contributed by atoms with Gasteiger partial charge in [-0.1, -0.05) is 11.6 Å². The summed E-state index contributed by atoms with van der Waals surface area (Å²) >= 11 is 6.12. The monoisotopic (exact) mass is 264 g/mol. The van der Waals surface area contributed by atoms with E-state index in [9.17, 15) is 0 Å². The van der Waals surface area contributed by atoms with Gasteiger partial charge in [-0.2, -0.15) is 4.98 Å². The van der Waals surface area contributed by atoms with E-state index >= 15 is 0 Å². The molecule has 0 aliphatic carbocycles. The molecule has 1 aromatic heterocycles. The Kier molecular flexibility index (Phi) is 2.56. The molecule has 0 saturated heterocycles. The average Bonchev–Trinajstić information content (AvgIpc) is 2.81. The van der Waals surface area contributed by atoms with E-state index in [1.54, 1.807) is 24.4 Å². The smallest absolute Gasteiger partial charge is 0.231 e. The fraction of sp³-hybridized carbons (Fsp3) is 0.0909. The van der Waals surface area contributed by atoms with Crippen molar-refractivity contribution in [2.75, 3.05) is 17.8 Å². The van der Waals surface area contributed by atoms with Gasteiger partial charge in [0.05, 0.1) is 5.02 Å². The Morgan fingerprint density at radius 1 is 1.28 bits per heavy atom. The van der Waals surface area contributed by atoms with Gasteiger partial charge in [-0.3, -0.25) is 0 Å².